The van der Waals surface area contributed by atoms with Gasteiger partial charge in [0.05, 0.1) is 6.61 Å². The third kappa shape index (κ3) is 3.42. The first-order valence-corrected chi connectivity index (χ1v) is 4.25. The molecule has 0 amide bonds. The lowest BCUT2D eigenvalue weighted by atomic mass is 10.2. The zero-order valence-electron chi connectivity index (χ0n) is 7.52. The van der Waals surface area contributed by atoms with E-state index in [1.807, 2.05) is 0 Å². The molecule has 1 aliphatic heterocycles. The summed E-state index contributed by atoms with van der Waals surface area (Å²) in [7, 11) is 0. The molecule has 0 bridgehead atoms. The van der Waals surface area contributed by atoms with Gasteiger partial charge in [0.15, 0.2) is 5.71 Å². The van der Waals surface area contributed by atoms with E-state index >= 15 is 0 Å². The predicted octanol–water partition coefficient (Wildman–Crippen LogP) is 0.990. The van der Waals surface area contributed by atoms with Crippen LogP contribution in [0.3, 0.4) is 0 Å². The largest absolute Gasteiger partial charge is 0.477 e. The van der Waals surface area contributed by atoms with Crippen LogP contribution < -0.4 is 0 Å². The number of aliphatic carboxylic acids is 1. The van der Waals surface area contributed by atoms with E-state index in [4.69, 9.17) is 14.7 Å². The highest BCUT2D eigenvalue weighted by atomic mass is 16.8. The van der Waals surface area contributed by atoms with Crippen molar-refractivity contribution in [2.75, 3.05) is 6.61 Å². The fourth-order valence-corrected chi connectivity index (χ4v) is 0.971. The van der Waals surface area contributed by atoms with Crippen LogP contribution in [0.25, 0.3) is 0 Å². The van der Waals surface area contributed by atoms with E-state index in [0.717, 1.165) is 19.3 Å². The molecule has 0 aromatic rings. The Balaban J connectivity index is 2.31. The zero-order chi connectivity index (χ0) is 9.68. The van der Waals surface area contributed by atoms with Crippen molar-refractivity contribution in [1.29, 1.82) is 0 Å². The molecular weight excluding hydrogens is 174 g/mol. The Bertz CT molecular complexity index is 208. The number of carboxylic acids is 1. The van der Waals surface area contributed by atoms with E-state index in [2.05, 4.69) is 5.16 Å². The second kappa shape index (κ2) is 4.81. The molecule has 0 aromatic heterocycles. The maximum absolute atomic E-state index is 10.3. The molecule has 0 spiro atoms. The molecule has 1 unspecified atom stereocenters. The molecule has 1 saturated heterocycles. The fraction of sp³-hybridized carbons (Fsp3) is 0.750. The number of carbonyl (C=O) groups is 1. The molecule has 13 heavy (non-hydrogen) atoms. The minimum Gasteiger partial charge on any atom is -0.477 e. The van der Waals surface area contributed by atoms with Crippen LogP contribution in [0, 0.1) is 0 Å². The van der Waals surface area contributed by atoms with Crippen molar-refractivity contribution in [3.8, 4) is 0 Å². The van der Waals surface area contributed by atoms with E-state index < -0.39 is 5.97 Å². The lowest BCUT2D eigenvalue weighted by Gasteiger charge is -2.19. The summed E-state index contributed by atoms with van der Waals surface area (Å²) in [5.41, 5.74) is -0.0610. The first-order valence-electron chi connectivity index (χ1n) is 4.25. The Hall–Kier alpha value is -1.10. The summed E-state index contributed by atoms with van der Waals surface area (Å²) >= 11 is 0. The van der Waals surface area contributed by atoms with E-state index in [1.54, 1.807) is 0 Å². The van der Waals surface area contributed by atoms with Crippen LogP contribution in [-0.2, 0) is 14.4 Å². The van der Waals surface area contributed by atoms with Gasteiger partial charge in [0, 0.05) is 6.42 Å². The normalized spacial score (nSPS) is 24.1. The fourth-order valence-electron chi connectivity index (χ4n) is 0.971. The van der Waals surface area contributed by atoms with Gasteiger partial charge in [-0.25, -0.2) is 4.79 Å². The summed E-state index contributed by atoms with van der Waals surface area (Å²) in [4.78, 5) is 15.2. The summed E-state index contributed by atoms with van der Waals surface area (Å²) in [6.45, 7) is 2.04. The van der Waals surface area contributed by atoms with Crippen LogP contribution in [0.4, 0.5) is 0 Å². The quantitative estimate of drug-likeness (QED) is 0.528. The van der Waals surface area contributed by atoms with Crippen molar-refractivity contribution < 1.29 is 19.5 Å². The van der Waals surface area contributed by atoms with Crippen molar-refractivity contribution in [3.05, 3.63) is 0 Å². The highest BCUT2D eigenvalue weighted by Gasteiger charge is 2.15. The first-order chi connectivity index (χ1) is 6.20. The summed E-state index contributed by atoms with van der Waals surface area (Å²) in [5.74, 6) is -1.07. The molecule has 1 heterocycles. The molecular formula is C8H13NO4. The van der Waals surface area contributed by atoms with Crippen LogP contribution >= 0.6 is 0 Å². The molecule has 1 rings (SSSR count). The average molecular weight is 187 g/mol. The number of ether oxygens (including phenoxy) is 1. The molecule has 0 aliphatic carbocycles. The Kier molecular flexibility index (Phi) is 3.70. The number of hydrogen-bond donors (Lipinski definition) is 1. The Morgan fingerprint density at radius 3 is 2.92 bits per heavy atom. The van der Waals surface area contributed by atoms with Gasteiger partial charge >= 0.3 is 5.97 Å². The lowest BCUT2D eigenvalue weighted by molar-refractivity contribution is -0.162. The number of hydrogen-bond acceptors (Lipinski definition) is 4. The minimum atomic E-state index is -1.07. The summed E-state index contributed by atoms with van der Waals surface area (Å²) < 4.78 is 5.19. The molecule has 1 fully saturated rings. The summed E-state index contributed by atoms with van der Waals surface area (Å²) in [5, 5.41) is 11.9. The van der Waals surface area contributed by atoms with E-state index in [-0.39, 0.29) is 12.0 Å². The summed E-state index contributed by atoms with van der Waals surface area (Å²) in [6.07, 6.45) is 2.47. The van der Waals surface area contributed by atoms with Gasteiger partial charge < -0.3 is 14.7 Å². The molecule has 5 nitrogen and oxygen atoms in total. The van der Waals surface area contributed by atoms with Crippen LogP contribution in [0.1, 0.15) is 26.2 Å². The number of carboxylic acid groups (broad SMARTS) is 1. The first kappa shape index (κ1) is 9.98. The smallest absolute Gasteiger partial charge is 0.353 e. The van der Waals surface area contributed by atoms with Gasteiger partial charge in [-0.1, -0.05) is 5.16 Å². The maximum Gasteiger partial charge on any atom is 0.353 e. The van der Waals surface area contributed by atoms with Gasteiger partial charge in [-0.2, -0.15) is 0 Å². The van der Waals surface area contributed by atoms with Crippen LogP contribution in [0.2, 0.25) is 0 Å². The molecule has 74 valence electrons. The van der Waals surface area contributed by atoms with E-state index in [0.29, 0.717) is 6.61 Å². The molecule has 1 aliphatic rings. The molecule has 0 radical (unpaired) electrons. The Morgan fingerprint density at radius 1 is 1.62 bits per heavy atom. The molecule has 1 atom stereocenters. The molecule has 0 aromatic carbocycles. The molecule has 0 saturated carbocycles. The van der Waals surface area contributed by atoms with E-state index in [9.17, 15) is 4.79 Å². The third-order valence-corrected chi connectivity index (χ3v) is 1.75. The van der Waals surface area contributed by atoms with Crippen LogP contribution in [0.5, 0.6) is 0 Å². The Labute approximate surface area is 76.3 Å². The molecule has 5 heteroatoms. The van der Waals surface area contributed by atoms with Gasteiger partial charge in [0.2, 0.25) is 6.29 Å². The minimum absolute atomic E-state index is 0.0610. The predicted molar refractivity (Wildman–Crippen MR) is 45.4 cm³/mol. The highest BCUT2D eigenvalue weighted by molar-refractivity contribution is 6.34. The topological polar surface area (TPSA) is 68.1 Å². The second-order valence-corrected chi connectivity index (χ2v) is 2.88. The van der Waals surface area contributed by atoms with Gasteiger partial charge in [-0.15, -0.1) is 0 Å². The van der Waals surface area contributed by atoms with Gasteiger partial charge in [0.1, 0.15) is 0 Å². The second-order valence-electron chi connectivity index (χ2n) is 2.88. The van der Waals surface area contributed by atoms with Crippen LogP contribution in [-0.4, -0.2) is 29.7 Å². The van der Waals surface area contributed by atoms with E-state index in [1.165, 1.54) is 6.92 Å². The van der Waals surface area contributed by atoms with Gasteiger partial charge in [-0.3, -0.25) is 0 Å². The monoisotopic (exact) mass is 187 g/mol. The lowest BCUT2D eigenvalue weighted by Crippen LogP contribution is -2.21. The highest BCUT2D eigenvalue weighted by Crippen LogP contribution is 2.13. The third-order valence-electron chi connectivity index (χ3n) is 1.75. The maximum atomic E-state index is 10.3. The number of nitrogens with zero attached hydrogens (tertiary/aromatic N) is 1. The van der Waals surface area contributed by atoms with Crippen molar-refractivity contribution >= 4 is 11.7 Å². The van der Waals surface area contributed by atoms with Crippen molar-refractivity contribution in [3.63, 3.8) is 0 Å². The average Bonchev–Trinajstić information content (AvgIpc) is 2.15. The van der Waals surface area contributed by atoms with Crippen molar-refractivity contribution in [1.82, 2.24) is 0 Å². The van der Waals surface area contributed by atoms with Crippen molar-refractivity contribution in [2.24, 2.45) is 5.16 Å². The Morgan fingerprint density at radius 2 is 2.38 bits per heavy atom. The SMILES string of the molecule is C/C(=N/OC1CCCCO1)C(=O)O. The van der Waals surface area contributed by atoms with Crippen LogP contribution in [0.15, 0.2) is 5.16 Å². The standard InChI is InChI=1S/C8H13NO4/c1-6(8(10)11)9-13-7-4-2-3-5-12-7/h7H,2-5H2,1H3,(H,10,11)/b9-6-. The number of oxime groups is 1. The number of rotatable bonds is 3. The van der Waals surface area contributed by atoms with Crippen molar-refractivity contribution in [2.45, 2.75) is 32.5 Å². The van der Waals surface area contributed by atoms with Gasteiger partial charge in [0.25, 0.3) is 0 Å². The molecule has 1 N–H and O–H groups in total. The van der Waals surface area contributed by atoms with Gasteiger partial charge in [-0.05, 0) is 19.8 Å². The summed E-state index contributed by atoms with van der Waals surface area (Å²) in [6, 6.07) is 0. The zero-order valence-corrected chi connectivity index (χ0v) is 7.52.